The Labute approximate surface area is 124 Å². The number of phenolic OH excluding ortho intramolecular Hbond substituents is 1. The summed E-state index contributed by atoms with van der Waals surface area (Å²) in [6.07, 6.45) is 7.02. The average Bonchev–Trinajstić information content (AvgIpc) is 2.48. The second-order valence-electron chi connectivity index (χ2n) is 5.21. The van der Waals surface area contributed by atoms with E-state index in [1.807, 2.05) is 0 Å². The Morgan fingerprint density at radius 3 is 2.71 bits per heavy atom. The Kier molecular flexibility index (Phi) is 5.67. The van der Waals surface area contributed by atoms with E-state index in [-0.39, 0.29) is 17.1 Å². The maximum absolute atomic E-state index is 11.8. The molecule has 0 aliphatic rings. The van der Waals surface area contributed by atoms with Crippen LogP contribution in [0, 0.1) is 0 Å². The van der Waals surface area contributed by atoms with Crippen LogP contribution in [0.1, 0.15) is 45.4 Å². The molecule has 4 nitrogen and oxygen atoms in total. The van der Waals surface area contributed by atoms with Crippen molar-refractivity contribution in [1.82, 2.24) is 0 Å². The van der Waals surface area contributed by atoms with Crippen molar-refractivity contribution in [3.63, 3.8) is 0 Å². The van der Waals surface area contributed by atoms with Gasteiger partial charge in [-0.1, -0.05) is 51.2 Å². The number of rotatable bonds is 8. The van der Waals surface area contributed by atoms with Crippen LogP contribution in [-0.2, 0) is 0 Å². The van der Waals surface area contributed by atoms with Gasteiger partial charge in [-0.2, -0.15) is 0 Å². The zero-order chi connectivity index (χ0) is 15.1. The summed E-state index contributed by atoms with van der Waals surface area (Å²) in [7, 11) is 0. The van der Waals surface area contributed by atoms with Crippen LogP contribution in [0.5, 0.6) is 11.5 Å². The number of phenols is 1. The quantitative estimate of drug-likeness (QED) is 0.583. The third kappa shape index (κ3) is 4.25. The Morgan fingerprint density at radius 2 is 1.90 bits per heavy atom. The second-order valence-corrected chi connectivity index (χ2v) is 5.21. The third-order valence-corrected chi connectivity index (χ3v) is 3.46. The van der Waals surface area contributed by atoms with Crippen molar-refractivity contribution >= 4 is 11.0 Å². The maximum atomic E-state index is 11.8. The number of hydrogen-bond donors (Lipinski definition) is 1. The predicted octanol–water partition coefficient (Wildman–Crippen LogP) is 4.24. The number of hydrogen-bond acceptors (Lipinski definition) is 4. The summed E-state index contributed by atoms with van der Waals surface area (Å²) in [6.45, 7) is 2.71. The van der Waals surface area contributed by atoms with Gasteiger partial charge in [0.1, 0.15) is 0 Å². The van der Waals surface area contributed by atoms with Gasteiger partial charge in [-0.05, 0) is 18.6 Å². The van der Waals surface area contributed by atoms with E-state index in [9.17, 15) is 9.90 Å². The van der Waals surface area contributed by atoms with Gasteiger partial charge in [-0.25, -0.2) is 4.79 Å². The summed E-state index contributed by atoms with van der Waals surface area (Å²) in [5.74, 6) is 0.175. The van der Waals surface area contributed by atoms with Crippen LogP contribution in [0.3, 0.4) is 0 Å². The fourth-order valence-electron chi connectivity index (χ4n) is 2.28. The molecule has 0 atom stereocenters. The number of ether oxygens (including phenoxy) is 1. The van der Waals surface area contributed by atoms with Crippen LogP contribution in [-0.4, -0.2) is 11.7 Å². The first-order valence-corrected chi connectivity index (χ1v) is 7.61. The molecular weight excluding hydrogens is 268 g/mol. The van der Waals surface area contributed by atoms with Gasteiger partial charge in [-0.15, -0.1) is 0 Å². The van der Waals surface area contributed by atoms with Crippen LogP contribution >= 0.6 is 0 Å². The molecule has 0 unspecified atom stereocenters. The van der Waals surface area contributed by atoms with Gasteiger partial charge in [0, 0.05) is 5.39 Å². The molecule has 0 saturated carbocycles. The van der Waals surface area contributed by atoms with E-state index < -0.39 is 5.63 Å². The van der Waals surface area contributed by atoms with Crippen LogP contribution in [0.25, 0.3) is 11.0 Å². The zero-order valence-electron chi connectivity index (χ0n) is 12.4. The van der Waals surface area contributed by atoms with E-state index in [1.54, 1.807) is 18.2 Å². The van der Waals surface area contributed by atoms with E-state index in [1.165, 1.54) is 31.7 Å². The monoisotopic (exact) mass is 290 g/mol. The Balaban J connectivity index is 1.90. The van der Waals surface area contributed by atoms with Crippen molar-refractivity contribution < 1.29 is 14.3 Å². The molecule has 0 aliphatic carbocycles. The molecule has 2 rings (SSSR count). The van der Waals surface area contributed by atoms with Crippen molar-refractivity contribution in [2.24, 2.45) is 0 Å². The summed E-state index contributed by atoms with van der Waals surface area (Å²) >= 11 is 0. The second kappa shape index (κ2) is 7.72. The maximum Gasteiger partial charge on any atom is 0.379 e. The van der Waals surface area contributed by atoms with E-state index in [2.05, 4.69) is 6.92 Å². The number of unbranched alkanes of at least 4 members (excludes halogenated alkanes) is 5. The largest absolute Gasteiger partial charge is 0.504 e. The van der Waals surface area contributed by atoms with Crippen molar-refractivity contribution in [3.05, 3.63) is 34.7 Å². The van der Waals surface area contributed by atoms with Gasteiger partial charge in [-0.3, -0.25) is 0 Å². The lowest BCUT2D eigenvalue weighted by atomic mass is 10.1. The lowest BCUT2D eigenvalue weighted by Gasteiger charge is -2.06. The third-order valence-electron chi connectivity index (χ3n) is 3.46. The molecular formula is C17H22O4. The number of benzene rings is 1. The molecule has 0 amide bonds. The van der Waals surface area contributed by atoms with E-state index in [0.717, 1.165) is 12.8 Å². The molecule has 1 N–H and O–H groups in total. The molecule has 1 heterocycles. The molecule has 0 spiro atoms. The average molecular weight is 290 g/mol. The first kappa shape index (κ1) is 15.4. The minimum absolute atomic E-state index is 0.0351. The smallest absolute Gasteiger partial charge is 0.379 e. The van der Waals surface area contributed by atoms with Gasteiger partial charge in [0.05, 0.1) is 6.61 Å². The van der Waals surface area contributed by atoms with Gasteiger partial charge in [0.15, 0.2) is 11.3 Å². The Bertz CT molecular complexity index is 630. The van der Waals surface area contributed by atoms with Crippen LogP contribution in [0.2, 0.25) is 0 Å². The van der Waals surface area contributed by atoms with Crippen LogP contribution in [0.15, 0.2) is 33.5 Å². The molecule has 0 bridgehead atoms. The van der Waals surface area contributed by atoms with Gasteiger partial charge >= 0.3 is 5.63 Å². The highest BCUT2D eigenvalue weighted by Crippen LogP contribution is 2.25. The van der Waals surface area contributed by atoms with E-state index >= 15 is 0 Å². The highest BCUT2D eigenvalue weighted by atomic mass is 16.5. The highest BCUT2D eigenvalue weighted by molar-refractivity contribution is 5.82. The van der Waals surface area contributed by atoms with Crippen LogP contribution in [0.4, 0.5) is 0 Å². The number of aromatic hydroxyl groups is 1. The van der Waals surface area contributed by atoms with Crippen molar-refractivity contribution in [2.45, 2.75) is 45.4 Å². The van der Waals surface area contributed by atoms with Crippen LogP contribution < -0.4 is 10.4 Å². The fourth-order valence-corrected chi connectivity index (χ4v) is 2.28. The molecule has 1 aromatic carbocycles. The lowest BCUT2D eigenvalue weighted by molar-refractivity contribution is 0.290. The molecule has 0 radical (unpaired) electrons. The SMILES string of the molecule is CCCCCCCCOc1cc2cccc(O)c2oc1=O. The van der Waals surface area contributed by atoms with Gasteiger partial charge < -0.3 is 14.3 Å². The first-order chi connectivity index (χ1) is 10.2. The summed E-state index contributed by atoms with van der Waals surface area (Å²) in [4.78, 5) is 11.8. The molecule has 0 aliphatic heterocycles. The minimum atomic E-state index is -0.546. The van der Waals surface area contributed by atoms with Gasteiger partial charge in [0.2, 0.25) is 5.75 Å². The summed E-state index contributed by atoms with van der Waals surface area (Å²) in [6, 6.07) is 6.59. The topological polar surface area (TPSA) is 59.7 Å². The number of para-hydroxylation sites is 1. The van der Waals surface area contributed by atoms with E-state index in [4.69, 9.17) is 9.15 Å². The standard InChI is InChI=1S/C17H22O4/c1-2-3-4-5-6-7-11-20-15-12-13-9-8-10-14(18)16(13)21-17(15)19/h8-10,12,18H,2-7,11H2,1H3. The van der Waals surface area contributed by atoms with E-state index in [0.29, 0.717) is 12.0 Å². The summed E-state index contributed by atoms with van der Waals surface area (Å²) in [5, 5.41) is 10.3. The fraction of sp³-hybridized carbons (Fsp3) is 0.471. The lowest BCUT2D eigenvalue weighted by Crippen LogP contribution is -2.08. The molecule has 0 saturated heterocycles. The molecule has 0 fully saturated rings. The highest BCUT2D eigenvalue weighted by Gasteiger charge is 2.08. The molecule has 1 aromatic heterocycles. The summed E-state index contributed by atoms with van der Waals surface area (Å²) in [5.41, 5.74) is -0.343. The van der Waals surface area contributed by atoms with Crippen molar-refractivity contribution in [2.75, 3.05) is 6.61 Å². The zero-order valence-corrected chi connectivity index (χ0v) is 12.4. The predicted molar refractivity (Wildman–Crippen MR) is 83.0 cm³/mol. The van der Waals surface area contributed by atoms with Crippen molar-refractivity contribution in [1.29, 1.82) is 0 Å². The first-order valence-electron chi connectivity index (χ1n) is 7.61. The van der Waals surface area contributed by atoms with Gasteiger partial charge in [0.25, 0.3) is 0 Å². The molecule has 4 heteroatoms. The molecule has 21 heavy (non-hydrogen) atoms. The molecule has 2 aromatic rings. The Hall–Kier alpha value is -1.97. The van der Waals surface area contributed by atoms with Crippen molar-refractivity contribution in [3.8, 4) is 11.5 Å². The molecule has 114 valence electrons. The minimum Gasteiger partial charge on any atom is -0.504 e. The number of fused-ring (bicyclic) bond motifs is 1. The summed E-state index contributed by atoms with van der Waals surface area (Å²) < 4.78 is 10.6. The Morgan fingerprint density at radius 1 is 1.14 bits per heavy atom. The normalized spacial score (nSPS) is 10.9.